The molecule has 0 aliphatic rings. The summed E-state index contributed by atoms with van der Waals surface area (Å²) in [6.07, 6.45) is 0. The molecule has 0 aliphatic carbocycles. The minimum atomic E-state index is 0. The summed E-state index contributed by atoms with van der Waals surface area (Å²) in [5, 5.41) is 0. The Balaban J connectivity index is -0.0000000345. The Kier molecular flexibility index (Phi) is 77.5. The van der Waals surface area contributed by atoms with Crippen molar-refractivity contribution in [1.82, 2.24) is 0 Å². The van der Waals surface area contributed by atoms with Crippen molar-refractivity contribution in [2.45, 2.75) is 79.6 Å². The molecule has 0 atom stereocenters. The first-order valence-electron chi connectivity index (χ1n) is 6.67. The smallest absolute Gasteiger partial charge is 0 e. The van der Waals surface area contributed by atoms with Crippen molar-refractivity contribution in [3.63, 3.8) is 0 Å². The maximum Gasteiger partial charge on any atom is 0 e. The van der Waals surface area contributed by atoms with Gasteiger partial charge in [-0.05, 0) is 55.4 Å². The van der Waals surface area contributed by atoms with Crippen molar-refractivity contribution in [2.75, 3.05) is 0 Å². The summed E-state index contributed by atoms with van der Waals surface area (Å²) in [6, 6.07) is 2.83. The van der Waals surface area contributed by atoms with E-state index in [1.165, 1.54) is 4.48 Å². The zero-order valence-corrected chi connectivity index (χ0v) is 18.8. The second-order valence-electron chi connectivity index (χ2n) is 5.27. The molecule has 0 aromatic carbocycles. The molecule has 0 N–H and O–H groups in total. The van der Waals surface area contributed by atoms with E-state index in [1.807, 2.05) is 0 Å². The third-order valence-corrected chi connectivity index (χ3v) is 3.58. The molecule has 8 heteroatoms. The van der Waals surface area contributed by atoms with Gasteiger partial charge in [0.2, 0.25) is 0 Å². The van der Waals surface area contributed by atoms with Gasteiger partial charge in [0.25, 0.3) is 0 Å². The molecule has 0 radical (unpaired) electrons. The van der Waals surface area contributed by atoms with Crippen LogP contribution >= 0.6 is 0 Å². The molecule has 0 aromatic rings. The van der Waals surface area contributed by atoms with Crippen LogP contribution in [0.1, 0.15) is 55.4 Å². The third-order valence-electron chi connectivity index (χ3n) is 3.58. The van der Waals surface area contributed by atoms with E-state index in [0.717, 1.165) is 0 Å². The van der Waals surface area contributed by atoms with E-state index in [9.17, 15) is 0 Å². The molecule has 144 valence electrons. The van der Waals surface area contributed by atoms with Crippen molar-refractivity contribution < 1.29 is 61.2 Å². The van der Waals surface area contributed by atoms with Crippen molar-refractivity contribution in [3.05, 3.63) is 33.3 Å². The van der Waals surface area contributed by atoms with Crippen LogP contribution in [0, 0.1) is 33.3 Å². The van der Waals surface area contributed by atoms with Gasteiger partial charge in [-0.25, -0.2) is 0 Å². The minimum absolute atomic E-state index is 0. The van der Waals surface area contributed by atoms with Gasteiger partial charge in [-0.2, -0.15) is 0 Å². The molecule has 0 heterocycles. The van der Waals surface area contributed by atoms with Gasteiger partial charge in [-0.15, -0.1) is 0 Å². The average Bonchev–Trinajstić information content (AvgIpc) is 2.56. The van der Waals surface area contributed by atoms with Gasteiger partial charge in [0.05, 0.1) is 24.2 Å². The maximum absolute atomic E-state index is 7.50. The molecule has 0 saturated heterocycles. The molecule has 0 saturated carbocycles. The van der Waals surface area contributed by atoms with E-state index < -0.39 is 0 Å². The first-order chi connectivity index (χ1) is 10.8. The van der Waals surface area contributed by atoms with Crippen molar-refractivity contribution in [2.24, 2.45) is 0 Å². The fourth-order valence-corrected chi connectivity index (χ4v) is 3.58. The van der Waals surface area contributed by atoms with Gasteiger partial charge in [0.1, 0.15) is 0 Å². The number of hydrogen-bond donors (Lipinski definition) is 0. The van der Waals surface area contributed by atoms with Gasteiger partial charge < -0.3 is 16.9 Å². The van der Waals surface area contributed by atoms with E-state index in [1.54, 1.807) is 0 Å². The zero-order valence-electron chi connectivity index (χ0n) is 16.1. The summed E-state index contributed by atoms with van der Waals surface area (Å²) >= 11 is 0. The van der Waals surface area contributed by atoms with Crippen LogP contribution in [0.15, 0.2) is 0 Å². The number of halogens is 1. The number of rotatable bonds is 4. The van der Waals surface area contributed by atoms with Crippen LogP contribution in [0.4, 0.5) is 0 Å². The van der Waals surface area contributed by atoms with E-state index in [-0.39, 0.29) is 33.5 Å². The Labute approximate surface area is 174 Å². The third kappa shape index (κ3) is 19.8. The van der Waals surface area contributed by atoms with Gasteiger partial charge >= 0.3 is 56.5 Å². The van der Waals surface area contributed by atoms with E-state index in [0.29, 0.717) is 24.2 Å². The average molecular weight is 458 g/mol. The van der Waals surface area contributed by atoms with Gasteiger partial charge in [0, 0.05) is 21.1 Å². The fourth-order valence-electron chi connectivity index (χ4n) is 3.58. The molecule has 0 bridgehead atoms. The normalized spacial score (nSPS) is 7.60. The second-order valence-corrected chi connectivity index (χ2v) is 5.27. The van der Waals surface area contributed by atoms with Crippen LogP contribution < -0.4 is 12.4 Å². The standard InChI is InChI=1S/C12H28N.5CO.ClH.Mo/c1-9(2)13(10(3)4,11(5)6)12(7)8;5*1-2;;/h9-12H,1-8H3;;;;;;1H;/q+1;;;;;;;/p-1. The molecular weight excluding hydrogens is 430 g/mol. The molecule has 0 rings (SSSR count). The van der Waals surface area contributed by atoms with E-state index in [4.69, 9.17) is 23.3 Å². The molecule has 0 fully saturated rings. The van der Waals surface area contributed by atoms with Gasteiger partial charge in [-0.1, -0.05) is 0 Å². The summed E-state index contributed by atoms with van der Waals surface area (Å²) in [4.78, 5) is 0. The Morgan fingerprint density at radius 2 is 0.520 bits per heavy atom. The predicted octanol–water partition coefficient (Wildman–Crippen LogP) is 0.251. The SMILES string of the molecule is CC(C)[N+](C(C)C)(C(C)C)C(C)C.[C-]#[O+].[C-]#[O+].[C-]#[O+].[C-]#[O+].[C-]#[O+].[Cl-].[Mo]. The number of hydrogen-bond acceptors (Lipinski definition) is 0. The van der Waals surface area contributed by atoms with Crippen LogP contribution in [-0.4, -0.2) is 28.7 Å². The first kappa shape index (κ1) is 49.7. The zero-order chi connectivity index (χ0) is 20.8. The van der Waals surface area contributed by atoms with Crippen molar-refractivity contribution in [1.29, 1.82) is 0 Å². The summed E-state index contributed by atoms with van der Waals surface area (Å²) in [5.41, 5.74) is 0. The van der Waals surface area contributed by atoms with E-state index in [2.05, 4.69) is 88.6 Å². The summed E-state index contributed by atoms with van der Waals surface area (Å²) in [5.74, 6) is 0. The quantitative estimate of drug-likeness (QED) is 0.250. The van der Waals surface area contributed by atoms with Gasteiger partial charge in [0.15, 0.2) is 0 Å². The second kappa shape index (κ2) is 38.9. The predicted molar refractivity (Wildman–Crippen MR) is 80.5 cm³/mol. The largest absolute Gasteiger partial charge is 1.00 e. The molecular formula is C17H28ClMoNO5. The van der Waals surface area contributed by atoms with Crippen LogP contribution in [0.5, 0.6) is 0 Å². The Morgan fingerprint density at radius 3 is 0.520 bits per heavy atom. The maximum atomic E-state index is 7.50. The topological polar surface area (TPSA) is 99.5 Å². The van der Waals surface area contributed by atoms with Crippen LogP contribution in [0.25, 0.3) is 0 Å². The van der Waals surface area contributed by atoms with E-state index >= 15 is 0 Å². The molecule has 25 heavy (non-hydrogen) atoms. The van der Waals surface area contributed by atoms with Crippen LogP contribution in [-0.2, 0) is 44.3 Å². The monoisotopic (exact) mass is 459 g/mol. The molecule has 0 aromatic heterocycles. The number of quaternary nitrogens is 1. The van der Waals surface area contributed by atoms with Crippen LogP contribution in [0.2, 0.25) is 0 Å². The molecule has 0 spiro atoms. The Hall–Kier alpha value is -0.362. The molecule has 0 aliphatic heterocycles. The number of nitrogens with zero attached hydrogens (tertiary/aromatic N) is 1. The summed E-state index contributed by atoms with van der Waals surface area (Å²) in [7, 11) is 0. The Bertz CT molecular complexity index is 262. The Morgan fingerprint density at radius 1 is 0.440 bits per heavy atom. The summed E-state index contributed by atoms with van der Waals surface area (Å²) in [6.45, 7) is 41.3. The molecule has 0 unspecified atom stereocenters. The summed E-state index contributed by atoms with van der Waals surface area (Å²) < 4.78 is 38.7. The van der Waals surface area contributed by atoms with Crippen molar-refractivity contribution >= 4 is 0 Å². The fraction of sp³-hybridized carbons (Fsp3) is 0.706. The van der Waals surface area contributed by atoms with Crippen molar-refractivity contribution in [3.8, 4) is 0 Å². The first-order valence-corrected chi connectivity index (χ1v) is 6.67. The van der Waals surface area contributed by atoms with Gasteiger partial charge in [-0.3, -0.25) is 0 Å². The minimum Gasteiger partial charge on any atom is -1.00 e. The van der Waals surface area contributed by atoms with Crippen LogP contribution in [0.3, 0.4) is 0 Å². The molecule has 0 amide bonds. The molecule has 6 nitrogen and oxygen atoms in total.